The van der Waals surface area contributed by atoms with Gasteiger partial charge in [-0.25, -0.2) is 4.98 Å². The Morgan fingerprint density at radius 2 is 2.28 bits per heavy atom. The van der Waals surface area contributed by atoms with E-state index in [1.807, 2.05) is 13.0 Å². The minimum absolute atomic E-state index is 0.625. The normalized spacial score (nSPS) is 23.7. The van der Waals surface area contributed by atoms with Crippen molar-refractivity contribution in [3.8, 4) is 0 Å². The summed E-state index contributed by atoms with van der Waals surface area (Å²) in [6.45, 7) is 4.17. The van der Waals surface area contributed by atoms with Crippen molar-refractivity contribution in [2.75, 3.05) is 5.32 Å². The van der Waals surface area contributed by atoms with Gasteiger partial charge < -0.3 is 9.73 Å². The van der Waals surface area contributed by atoms with Crippen LogP contribution in [0.3, 0.4) is 0 Å². The Kier molecular flexibility index (Phi) is 2.98. The molecular weight excluding hydrogens is 224 g/mol. The Hall–Kier alpha value is -1.51. The molecule has 1 aromatic heterocycles. The highest BCUT2D eigenvalue weighted by Gasteiger charge is 2.25. The molecule has 3 nitrogen and oxygen atoms in total. The van der Waals surface area contributed by atoms with Crippen LogP contribution in [0.15, 0.2) is 22.6 Å². The Labute approximate surface area is 108 Å². The van der Waals surface area contributed by atoms with Crippen LogP contribution in [0.1, 0.15) is 38.5 Å². The van der Waals surface area contributed by atoms with Crippen molar-refractivity contribution in [3.05, 3.63) is 24.1 Å². The molecule has 0 spiro atoms. The zero-order chi connectivity index (χ0) is 12.5. The van der Waals surface area contributed by atoms with Crippen LogP contribution in [0.4, 0.5) is 5.69 Å². The monoisotopic (exact) mass is 244 g/mol. The molecule has 1 saturated carbocycles. The number of anilines is 1. The van der Waals surface area contributed by atoms with Gasteiger partial charge in [0.15, 0.2) is 11.5 Å². The van der Waals surface area contributed by atoms with Gasteiger partial charge in [0.25, 0.3) is 0 Å². The number of nitrogens with one attached hydrogen (secondary N) is 1. The first kappa shape index (κ1) is 11.6. The van der Waals surface area contributed by atoms with E-state index >= 15 is 0 Å². The van der Waals surface area contributed by atoms with Crippen molar-refractivity contribution in [2.24, 2.45) is 5.92 Å². The van der Waals surface area contributed by atoms with Crippen LogP contribution < -0.4 is 5.32 Å². The van der Waals surface area contributed by atoms with Gasteiger partial charge in [0, 0.05) is 18.7 Å². The predicted octanol–water partition coefficient (Wildman–Crippen LogP) is 4.13. The van der Waals surface area contributed by atoms with Crippen molar-refractivity contribution in [1.29, 1.82) is 0 Å². The number of nitrogens with zero attached hydrogens (tertiary/aromatic N) is 1. The Balaban J connectivity index is 1.81. The third kappa shape index (κ3) is 2.09. The maximum absolute atomic E-state index is 5.50. The average Bonchev–Trinajstić information content (AvgIpc) is 2.93. The molecular formula is C15H20N2O. The number of hydrogen-bond acceptors (Lipinski definition) is 3. The van der Waals surface area contributed by atoms with E-state index < -0.39 is 0 Å². The second kappa shape index (κ2) is 4.63. The highest BCUT2D eigenvalue weighted by molar-refractivity contribution is 5.77. The fraction of sp³-hybridized carbons (Fsp3) is 0.533. The Bertz CT molecular complexity index is 546. The first-order valence-corrected chi connectivity index (χ1v) is 6.90. The van der Waals surface area contributed by atoms with Crippen LogP contribution in [-0.2, 0) is 0 Å². The summed E-state index contributed by atoms with van der Waals surface area (Å²) in [6.07, 6.45) is 5.26. The Morgan fingerprint density at radius 3 is 3.11 bits per heavy atom. The molecule has 1 fully saturated rings. The number of benzene rings is 1. The number of rotatable bonds is 3. The van der Waals surface area contributed by atoms with E-state index in [1.165, 1.54) is 31.4 Å². The first-order valence-electron chi connectivity index (χ1n) is 6.90. The molecule has 96 valence electrons. The van der Waals surface area contributed by atoms with Crippen molar-refractivity contribution in [2.45, 2.75) is 45.6 Å². The maximum Gasteiger partial charge on any atom is 0.192 e. The summed E-state index contributed by atoms with van der Waals surface area (Å²) in [7, 11) is 0. The predicted molar refractivity (Wildman–Crippen MR) is 73.8 cm³/mol. The largest absolute Gasteiger partial charge is 0.441 e. The zero-order valence-corrected chi connectivity index (χ0v) is 11.1. The van der Waals surface area contributed by atoms with Gasteiger partial charge in [0.2, 0.25) is 0 Å². The molecule has 18 heavy (non-hydrogen) atoms. The van der Waals surface area contributed by atoms with Gasteiger partial charge in [0.1, 0.15) is 5.52 Å². The molecule has 0 saturated heterocycles. The lowest BCUT2D eigenvalue weighted by Gasteiger charge is -2.20. The highest BCUT2D eigenvalue weighted by Crippen LogP contribution is 2.31. The molecule has 2 atom stereocenters. The third-order valence-corrected chi connectivity index (χ3v) is 4.03. The summed E-state index contributed by atoms with van der Waals surface area (Å²) < 4.78 is 5.50. The summed E-state index contributed by atoms with van der Waals surface area (Å²) >= 11 is 0. The van der Waals surface area contributed by atoms with E-state index in [9.17, 15) is 0 Å². The lowest BCUT2D eigenvalue weighted by molar-refractivity contribution is 0.489. The molecule has 1 N–H and O–H groups in total. The van der Waals surface area contributed by atoms with Gasteiger partial charge in [-0.1, -0.05) is 19.8 Å². The number of hydrogen-bond donors (Lipinski definition) is 1. The molecule has 1 aromatic carbocycles. The summed E-state index contributed by atoms with van der Waals surface area (Å²) in [5.41, 5.74) is 2.99. The second-order valence-corrected chi connectivity index (χ2v) is 5.27. The molecule has 1 heterocycles. The van der Waals surface area contributed by atoms with Gasteiger partial charge in [-0.3, -0.25) is 0 Å². The zero-order valence-electron chi connectivity index (χ0n) is 11.1. The van der Waals surface area contributed by atoms with Gasteiger partial charge in [0.05, 0.1) is 0 Å². The second-order valence-electron chi connectivity index (χ2n) is 5.27. The van der Waals surface area contributed by atoms with E-state index in [1.54, 1.807) is 0 Å². The van der Waals surface area contributed by atoms with Gasteiger partial charge in [-0.05, 0) is 37.0 Å². The molecule has 0 amide bonds. The smallest absolute Gasteiger partial charge is 0.192 e. The third-order valence-electron chi connectivity index (χ3n) is 4.03. The van der Waals surface area contributed by atoms with E-state index in [-0.39, 0.29) is 0 Å². The quantitative estimate of drug-likeness (QED) is 0.882. The van der Waals surface area contributed by atoms with Gasteiger partial charge in [-0.15, -0.1) is 0 Å². The molecule has 1 aliphatic carbocycles. The lowest BCUT2D eigenvalue weighted by atomic mass is 10.0. The standard InChI is InChI=1S/C15H20N2O/c1-3-11-5-4-6-13(11)17-12-7-8-15-14(9-12)16-10(2)18-15/h7-9,11,13,17H,3-6H2,1-2H3. The molecule has 1 aliphatic rings. The Morgan fingerprint density at radius 1 is 1.39 bits per heavy atom. The van der Waals surface area contributed by atoms with Crippen LogP contribution in [-0.4, -0.2) is 11.0 Å². The number of fused-ring (bicyclic) bond motifs is 1. The van der Waals surface area contributed by atoms with Crippen molar-refractivity contribution in [1.82, 2.24) is 4.98 Å². The van der Waals surface area contributed by atoms with Gasteiger partial charge >= 0.3 is 0 Å². The number of aromatic nitrogens is 1. The fourth-order valence-electron chi connectivity index (χ4n) is 3.06. The molecule has 0 radical (unpaired) electrons. The van der Waals surface area contributed by atoms with Crippen LogP contribution in [0.5, 0.6) is 0 Å². The fourth-order valence-corrected chi connectivity index (χ4v) is 3.06. The average molecular weight is 244 g/mol. The summed E-state index contributed by atoms with van der Waals surface area (Å²) in [5.74, 6) is 1.55. The van der Waals surface area contributed by atoms with E-state index in [0.717, 1.165) is 22.9 Å². The molecule has 0 aliphatic heterocycles. The van der Waals surface area contributed by atoms with Crippen molar-refractivity contribution in [3.63, 3.8) is 0 Å². The number of aryl methyl sites for hydroxylation is 1. The SMILES string of the molecule is CCC1CCCC1Nc1ccc2oc(C)nc2c1. The molecule has 0 bridgehead atoms. The summed E-state index contributed by atoms with van der Waals surface area (Å²) in [6, 6.07) is 6.82. The van der Waals surface area contributed by atoms with Crippen molar-refractivity contribution < 1.29 is 4.42 Å². The van der Waals surface area contributed by atoms with E-state index in [4.69, 9.17) is 4.42 Å². The highest BCUT2D eigenvalue weighted by atomic mass is 16.3. The van der Waals surface area contributed by atoms with Gasteiger partial charge in [-0.2, -0.15) is 0 Å². The van der Waals surface area contributed by atoms with Crippen LogP contribution in [0.25, 0.3) is 11.1 Å². The minimum atomic E-state index is 0.625. The molecule has 2 aromatic rings. The van der Waals surface area contributed by atoms with Crippen LogP contribution in [0.2, 0.25) is 0 Å². The van der Waals surface area contributed by atoms with Crippen LogP contribution >= 0.6 is 0 Å². The van der Waals surface area contributed by atoms with Crippen LogP contribution in [0, 0.1) is 12.8 Å². The number of oxazole rings is 1. The van der Waals surface area contributed by atoms with E-state index in [2.05, 4.69) is 29.4 Å². The topological polar surface area (TPSA) is 38.1 Å². The minimum Gasteiger partial charge on any atom is -0.441 e. The summed E-state index contributed by atoms with van der Waals surface area (Å²) in [5, 5.41) is 3.66. The lowest BCUT2D eigenvalue weighted by Crippen LogP contribution is -2.23. The molecule has 3 rings (SSSR count). The summed E-state index contributed by atoms with van der Waals surface area (Å²) in [4.78, 5) is 4.38. The maximum atomic E-state index is 5.50. The van der Waals surface area contributed by atoms with Crippen molar-refractivity contribution >= 4 is 16.8 Å². The first-order chi connectivity index (χ1) is 8.76. The molecule has 3 heteroatoms. The molecule has 2 unspecified atom stereocenters. The van der Waals surface area contributed by atoms with E-state index in [0.29, 0.717) is 6.04 Å².